The average Bonchev–Trinajstić information content (AvgIpc) is 2.38. The van der Waals surface area contributed by atoms with Gasteiger partial charge in [-0.3, -0.25) is 3.11 Å². The van der Waals surface area contributed by atoms with Crippen LogP contribution in [0.3, 0.4) is 0 Å². The Morgan fingerprint density at radius 2 is 1.26 bits per heavy atom. The van der Waals surface area contributed by atoms with Crippen LogP contribution in [-0.2, 0) is 5.41 Å². The van der Waals surface area contributed by atoms with E-state index in [9.17, 15) is 4.39 Å². The second-order valence-corrected chi connectivity index (χ2v) is 6.52. The van der Waals surface area contributed by atoms with Crippen molar-refractivity contribution in [3.63, 3.8) is 0 Å². The summed E-state index contributed by atoms with van der Waals surface area (Å²) in [5.74, 6) is -0.211. The molecule has 3 heteroatoms. The number of halogens is 2. The molecule has 0 unspecified atom stereocenters. The Morgan fingerprint density at radius 1 is 0.842 bits per heavy atom. The smallest absolute Gasteiger partial charge is 0.123 e. The molecule has 0 heterocycles. The highest BCUT2D eigenvalue weighted by molar-refractivity contribution is 14.1. The molecule has 19 heavy (non-hydrogen) atoms. The Balaban J connectivity index is 2.25. The molecule has 0 fully saturated rings. The predicted octanol–water partition coefficient (Wildman–Crippen LogP) is 5.61. The SMILES string of the molecule is CC(C)(C)c1ccc(N(I)c2ccc(F)cc2)cc1. The molecule has 1 nitrogen and oxygen atoms in total. The van der Waals surface area contributed by atoms with E-state index in [1.807, 2.05) is 3.11 Å². The number of hydrogen-bond donors (Lipinski definition) is 0. The van der Waals surface area contributed by atoms with Crippen molar-refractivity contribution >= 4 is 34.2 Å². The zero-order valence-electron chi connectivity index (χ0n) is 11.3. The van der Waals surface area contributed by atoms with Gasteiger partial charge in [-0.1, -0.05) is 32.9 Å². The predicted molar refractivity (Wildman–Crippen MR) is 87.7 cm³/mol. The maximum atomic E-state index is 12.9. The van der Waals surface area contributed by atoms with Crippen LogP contribution >= 0.6 is 22.9 Å². The number of rotatable bonds is 2. The molecule has 0 amide bonds. The Hall–Kier alpha value is -1.10. The first-order valence-corrected chi connectivity index (χ1v) is 7.16. The van der Waals surface area contributed by atoms with Crippen LogP contribution in [0.5, 0.6) is 0 Å². The van der Waals surface area contributed by atoms with Gasteiger partial charge >= 0.3 is 0 Å². The molecule has 0 aliphatic carbocycles. The molecule has 0 saturated heterocycles. The first-order chi connectivity index (χ1) is 8.88. The summed E-state index contributed by atoms with van der Waals surface area (Å²) in [4.78, 5) is 0. The number of nitrogens with zero attached hydrogens (tertiary/aromatic N) is 1. The molecule has 100 valence electrons. The highest BCUT2D eigenvalue weighted by Crippen LogP contribution is 2.31. The largest absolute Gasteiger partial charge is 0.283 e. The standard InChI is InChI=1S/C16H17FIN/c1-16(2,3)12-4-8-14(9-5-12)19(18)15-10-6-13(17)7-11-15/h4-11H,1-3H3. The monoisotopic (exact) mass is 369 g/mol. The molecular formula is C16H17FIN. The van der Waals surface area contributed by atoms with Crippen LogP contribution in [0.15, 0.2) is 48.5 Å². The molecular weight excluding hydrogens is 352 g/mol. The second kappa shape index (κ2) is 5.49. The van der Waals surface area contributed by atoms with Gasteiger partial charge in [0.2, 0.25) is 0 Å². The molecule has 0 aromatic heterocycles. The van der Waals surface area contributed by atoms with Crippen LogP contribution in [0.1, 0.15) is 26.3 Å². The van der Waals surface area contributed by atoms with Gasteiger partial charge in [0.25, 0.3) is 0 Å². The Kier molecular flexibility index (Phi) is 4.13. The molecule has 2 aromatic rings. The topological polar surface area (TPSA) is 3.24 Å². The summed E-state index contributed by atoms with van der Waals surface area (Å²) in [6, 6.07) is 15.0. The first kappa shape index (κ1) is 14.3. The molecule has 0 saturated carbocycles. The molecule has 0 bridgehead atoms. The summed E-state index contributed by atoms with van der Waals surface area (Å²) in [5, 5.41) is 0. The van der Waals surface area contributed by atoms with E-state index in [4.69, 9.17) is 0 Å². The lowest BCUT2D eigenvalue weighted by Crippen LogP contribution is -2.11. The zero-order valence-corrected chi connectivity index (χ0v) is 13.5. The third-order valence-electron chi connectivity index (χ3n) is 3.01. The van der Waals surface area contributed by atoms with Crippen molar-refractivity contribution in [3.05, 3.63) is 59.9 Å². The second-order valence-electron chi connectivity index (χ2n) is 5.55. The summed E-state index contributed by atoms with van der Waals surface area (Å²) in [5.41, 5.74) is 3.51. The van der Waals surface area contributed by atoms with Crippen LogP contribution < -0.4 is 3.11 Å². The van der Waals surface area contributed by atoms with Gasteiger partial charge in [-0.05, 0) is 47.4 Å². The van der Waals surface area contributed by atoms with Crippen molar-refractivity contribution in [1.29, 1.82) is 0 Å². The van der Waals surface area contributed by atoms with Crippen molar-refractivity contribution in [2.75, 3.05) is 3.11 Å². The Bertz CT molecular complexity index is 540. The fourth-order valence-electron chi connectivity index (χ4n) is 1.81. The Morgan fingerprint density at radius 3 is 1.68 bits per heavy atom. The normalized spacial score (nSPS) is 11.4. The molecule has 0 aliphatic rings. The van der Waals surface area contributed by atoms with Crippen molar-refractivity contribution in [2.24, 2.45) is 0 Å². The van der Waals surface area contributed by atoms with Crippen molar-refractivity contribution in [1.82, 2.24) is 0 Å². The van der Waals surface area contributed by atoms with E-state index in [1.54, 1.807) is 12.1 Å². The van der Waals surface area contributed by atoms with Gasteiger partial charge in [0, 0.05) is 0 Å². The van der Waals surface area contributed by atoms with Gasteiger partial charge in [0.1, 0.15) is 5.82 Å². The number of anilines is 2. The van der Waals surface area contributed by atoms with Crippen LogP contribution in [-0.4, -0.2) is 0 Å². The van der Waals surface area contributed by atoms with Crippen LogP contribution in [0.25, 0.3) is 0 Å². The van der Waals surface area contributed by atoms with E-state index in [1.165, 1.54) is 17.7 Å². The summed E-state index contributed by atoms with van der Waals surface area (Å²) < 4.78 is 14.9. The first-order valence-electron chi connectivity index (χ1n) is 6.20. The summed E-state index contributed by atoms with van der Waals surface area (Å²) in [6.45, 7) is 6.59. The minimum atomic E-state index is -0.211. The quantitative estimate of drug-likeness (QED) is 0.491. The van der Waals surface area contributed by atoms with E-state index < -0.39 is 0 Å². The minimum Gasteiger partial charge on any atom is -0.283 e. The molecule has 0 atom stereocenters. The van der Waals surface area contributed by atoms with Crippen molar-refractivity contribution in [2.45, 2.75) is 26.2 Å². The molecule has 0 N–H and O–H groups in total. The molecule has 0 spiro atoms. The highest BCUT2D eigenvalue weighted by atomic mass is 127. The number of hydrogen-bond acceptors (Lipinski definition) is 1. The van der Waals surface area contributed by atoms with E-state index in [-0.39, 0.29) is 11.2 Å². The lowest BCUT2D eigenvalue weighted by Gasteiger charge is -2.21. The summed E-state index contributed by atoms with van der Waals surface area (Å²) in [7, 11) is 0. The van der Waals surface area contributed by atoms with Gasteiger partial charge in [-0.2, -0.15) is 0 Å². The van der Waals surface area contributed by atoms with Gasteiger partial charge < -0.3 is 0 Å². The fourth-order valence-corrected chi connectivity index (χ4v) is 2.46. The fraction of sp³-hybridized carbons (Fsp3) is 0.250. The minimum absolute atomic E-state index is 0.157. The third-order valence-corrected chi connectivity index (χ3v) is 4.13. The summed E-state index contributed by atoms with van der Waals surface area (Å²) >= 11 is 2.23. The lowest BCUT2D eigenvalue weighted by atomic mass is 9.87. The van der Waals surface area contributed by atoms with Crippen molar-refractivity contribution < 1.29 is 4.39 Å². The Labute approximate surface area is 127 Å². The molecule has 0 radical (unpaired) electrons. The lowest BCUT2D eigenvalue weighted by molar-refractivity contribution is 0.590. The van der Waals surface area contributed by atoms with E-state index in [0.29, 0.717) is 0 Å². The van der Waals surface area contributed by atoms with Crippen LogP contribution in [0.4, 0.5) is 15.8 Å². The van der Waals surface area contributed by atoms with Gasteiger partial charge in [0.05, 0.1) is 34.2 Å². The molecule has 2 aromatic carbocycles. The van der Waals surface area contributed by atoms with E-state index in [2.05, 4.69) is 67.9 Å². The van der Waals surface area contributed by atoms with E-state index >= 15 is 0 Å². The van der Waals surface area contributed by atoms with E-state index in [0.717, 1.165) is 11.4 Å². The van der Waals surface area contributed by atoms with Crippen LogP contribution in [0, 0.1) is 5.82 Å². The zero-order chi connectivity index (χ0) is 14.0. The number of benzene rings is 2. The molecule has 2 rings (SSSR count). The summed E-state index contributed by atoms with van der Waals surface area (Å²) in [6.07, 6.45) is 0. The van der Waals surface area contributed by atoms with Gasteiger partial charge in [-0.25, -0.2) is 4.39 Å². The van der Waals surface area contributed by atoms with Gasteiger partial charge in [0.15, 0.2) is 0 Å². The van der Waals surface area contributed by atoms with Gasteiger partial charge in [-0.15, -0.1) is 0 Å². The highest BCUT2D eigenvalue weighted by Gasteiger charge is 2.14. The molecule has 0 aliphatic heterocycles. The average molecular weight is 369 g/mol. The van der Waals surface area contributed by atoms with Crippen LogP contribution in [0.2, 0.25) is 0 Å². The third kappa shape index (κ3) is 3.47. The van der Waals surface area contributed by atoms with Crippen molar-refractivity contribution in [3.8, 4) is 0 Å². The maximum Gasteiger partial charge on any atom is 0.123 e. The maximum absolute atomic E-state index is 12.9.